The molecule has 0 spiro atoms. The molecule has 1 atom stereocenters. The first-order valence-corrected chi connectivity index (χ1v) is 6.38. The van der Waals surface area contributed by atoms with E-state index in [9.17, 15) is 5.11 Å². The number of nitrogens with zero attached hydrogens (tertiary/aromatic N) is 1. The molecule has 16 heavy (non-hydrogen) atoms. The van der Waals surface area contributed by atoms with Crippen molar-refractivity contribution < 1.29 is 5.11 Å². The molecule has 0 bridgehead atoms. The van der Waals surface area contributed by atoms with Crippen molar-refractivity contribution in [3.8, 4) is 0 Å². The lowest BCUT2D eigenvalue weighted by Crippen LogP contribution is -2.19. The van der Waals surface area contributed by atoms with Crippen molar-refractivity contribution in [1.82, 2.24) is 4.98 Å². The fraction of sp³-hybridized carbons (Fsp3) is 0.583. The van der Waals surface area contributed by atoms with E-state index in [1.807, 2.05) is 12.1 Å². The van der Waals surface area contributed by atoms with Crippen LogP contribution in [0, 0.1) is 0 Å². The molecule has 1 rings (SSSR count). The molecule has 0 fully saturated rings. The molecule has 0 radical (unpaired) electrons. The van der Waals surface area contributed by atoms with Gasteiger partial charge in [-0.3, -0.25) is 0 Å². The van der Waals surface area contributed by atoms with E-state index in [2.05, 4.69) is 25.8 Å². The molecule has 0 amide bonds. The fourth-order valence-corrected chi connectivity index (χ4v) is 2.09. The average molecular weight is 240 g/mol. The van der Waals surface area contributed by atoms with Gasteiger partial charge in [0, 0.05) is 23.1 Å². The Labute approximate surface area is 101 Å². The second-order valence-corrected chi connectivity index (χ2v) is 6.68. The number of aliphatic hydroxyl groups is 1. The van der Waals surface area contributed by atoms with E-state index in [1.165, 1.54) is 0 Å². The molecule has 1 unspecified atom stereocenters. The number of thioether (sulfide) groups is 1. The van der Waals surface area contributed by atoms with E-state index in [0.29, 0.717) is 12.2 Å². The summed E-state index contributed by atoms with van der Waals surface area (Å²) in [6.07, 6.45) is 1.87. The molecular formula is C12H20N2OS. The number of nitrogen functional groups attached to an aromatic ring is 1. The van der Waals surface area contributed by atoms with Crippen LogP contribution in [0.1, 0.15) is 26.3 Å². The first kappa shape index (κ1) is 13.3. The van der Waals surface area contributed by atoms with Crippen molar-refractivity contribution in [2.75, 3.05) is 11.5 Å². The number of aliphatic hydroxyl groups excluding tert-OH is 1. The normalized spacial score (nSPS) is 13.8. The average Bonchev–Trinajstić information content (AvgIpc) is 2.18. The minimum atomic E-state index is -0.365. The lowest BCUT2D eigenvalue weighted by Gasteiger charge is -2.20. The van der Waals surface area contributed by atoms with Gasteiger partial charge in [0.25, 0.3) is 0 Å². The quantitative estimate of drug-likeness (QED) is 0.846. The Bertz CT molecular complexity index is 336. The molecule has 1 aromatic heterocycles. The summed E-state index contributed by atoms with van der Waals surface area (Å²) in [6, 6.07) is 3.75. The van der Waals surface area contributed by atoms with E-state index in [1.54, 1.807) is 18.0 Å². The topological polar surface area (TPSA) is 59.1 Å². The molecule has 4 heteroatoms. The zero-order valence-electron chi connectivity index (χ0n) is 10.1. The van der Waals surface area contributed by atoms with Gasteiger partial charge in [-0.2, -0.15) is 11.8 Å². The van der Waals surface area contributed by atoms with Crippen molar-refractivity contribution in [2.45, 2.75) is 38.0 Å². The Morgan fingerprint density at radius 1 is 1.50 bits per heavy atom. The number of nitrogens with two attached hydrogens (primary N) is 1. The van der Waals surface area contributed by atoms with Gasteiger partial charge in [-0.1, -0.05) is 26.8 Å². The van der Waals surface area contributed by atoms with E-state index in [4.69, 9.17) is 5.73 Å². The zero-order valence-corrected chi connectivity index (χ0v) is 10.9. The van der Waals surface area contributed by atoms with Crippen LogP contribution in [0.25, 0.3) is 0 Å². The van der Waals surface area contributed by atoms with Crippen LogP contribution in [0.4, 0.5) is 5.82 Å². The second-order valence-electron chi connectivity index (χ2n) is 4.83. The molecule has 0 saturated carbocycles. The van der Waals surface area contributed by atoms with Crippen LogP contribution >= 0.6 is 11.8 Å². The Hall–Kier alpha value is -0.740. The zero-order chi connectivity index (χ0) is 12.2. The van der Waals surface area contributed by atoms with Crippen LogP contribution in [-0.2, 0) is 6.42 Å². The number of hydrogen-bond acceptors (Lipinski definition) is 4. The third-order valence-corrected chi connectivity index (χ3v) is 3.51. The SMILES string of the molecule is CC(C)(C)SCC(O)Cc1cccnc1N. The van der Waals surface area contributed by atoms with Gasteiger partial charge in [-0.25, -0.2) is 4.98 Å². The number of rotatable bonds is 4. The van der Waals surface area contributed by atoms with Gasteiger partial charge in [0.15, 0.2) is 0 Å². The van der Waals surface area contributed by atoms with Crippen LogP contribution in [0.3, 0.4) is 0 Å². The van der Waals surface area contributed by atoms with Crippen LogP contribution in [0.5, 0.6) is 0 Å². The van der Waals surface area contributed by atoms with Crippen molar-refractivity contribution in [3.05, 3.63) is 23.9 Å². The van der Waals surface area contributed by atoms with Crippen LogP contribution in [-0.4, -0.2) is 26.7 Å². The second kappa shape index (κ2) is 5.55. The van der Waals surface area contributed by atoms with Gasteiger partial charge < -0.3 is 10.8 Å². The lowest BCUT2D eigenvalue weighted by molar-refractivity contribution is 0.200. The van der Waals surface area contributed by atoms with Crippen molar-refractivity contribution >= 4 is 17.6 Å². The summed E-state index contributed by atoms with van der Waals surface area (Å²) in [4.78, 5) is 4.00. The van der Waals surface area contributed by atoms with Gasteiger partial charge in [-0.15, -0.1) is 0 Å². The van der Waals surface area contributed by atoms with Gasteiger partial charge in [0.1, 0.15) is 5.82 Å². The minimum Gasteiger partial charge on any atom is -0.392 e. The van der Waals surface area contributed by atoms with Gasteiger partial charge >= 0.3 is 0 Å². The molecule has 0 saturated heterocycles. The lowest BCUT2D eigenvalue weighted by atomic mass is 10.1. The molecule has 0 aromatic carbocycles. The molecule has 0 aliphatic rings. The van der Waals surface area contributed by atoms with Crippen LogP contribution < -0.4 is 5.73 Å². The maximum atomic E-state index is 9.89. The van der Waals surface area contributed by atoms with Crippen molar-refractivity contribution in [2.24, 2.45) is 0 Å². The summed E-state index contributed by atoms with van der Waals surface area (Å²) < 4.78 is 0.182. The van der Waals surface area contributed by atoms with E-state index >= 15 is 0 Å². The smallest absolute Gasteiger partial charge is 0.126 e. The first-order valence-electron chi connectivity index (χ1n) is 5.40. The third-order valence-electron chi connectivity index (χ3n) is 2.09. The summed E-state index contributed by atoms with van der Waals surface area (Å²) >= 11 is 1.76. The Balaban J connectivity index is 2.46. The molecule has 3 nitrogen and oxygen atoms in total. The Morgan fingerprint density at radius 3 is 2.75 bits per heavy atom. The minimum absolute atomic E-state index is 0.182. The Morgan fingerprint density at radius 2 is 2.19 bits per heavy atom. The monoisotopic (exact) mass is 240 g/mol. The predicted molar refractivity (Wildman–Crippen MR) is 70.6 cm³/mol. The number of aromatic nitrogens is 1. The summed E-state index contributed by atoms with van der Waals surface area (Å²) in [5.74, 6) is 1.24. The summed E-state index contributed by atoms with van der Waals surface area (Å²) in [5, 5.41) is 9.89. The first-order chi connectivity index (χ1) is 7.38. The highest BCUT2D eigenvalue weighted by Gasteiger charge is 2.15. The summed E-state index contributed by atoms with van der Waals surface area (Å²) in [7, 11) is 0. The Kier molecular flexibility index (Phi) is 4.62. The van der Waals surface area contributed by atoms with Gasteiger partial charge in [0.05, 0.1) is 6.10 Å². The van der Waals surface area contributed by atoms with Crippen molar-refractivity contribution in [1.29, 1.82) is 0 Å². The molecule has 3 N–H and O–H groups in total. The number of pyridine rings is 1. The molecule has 1 heterocycles. The fourth-order valence-electron chi connectivity index (χ4n) is 1.28. The predicted octanol–water partition coefficient (Wildman–Crippen LogP) is 2.10. The van der Waals surface area contributed by atoms with Crippen LogP contribution in [0.2, 0.25) is 0 Å². The molecule has 1 aromatic rings. The van der Waals surface area contributed by atoms with Crippen LogP contribution in [0.15, 0.2) is 18.3 Å². The molecular weight excluding hydrogens is 220 g/mol. The van der Waals surface area contributed by atoms with Crippen molar-refractivity contribution in [3.63, 3.8) is 0 Å². The largest absolute Gasteiger partial charge is 0.392 e. The number of anilines is 1. The summed E-state index contributed by atoms with van der Waals surface area (Å²) in [6.45, 7) is 6.43. The van der Waals surface area contributed by atoms with Gasteiger partial charge in [-0.05, 0) is 11.6 Å². The maximum absolute atomic E-state index is 9.89. The van der Waals surface area contributed by atoms with E-state index in [-0.39, 0.29) is 10.9 Å². The summed E-state index contributed by atoms with van der Waals surface area (Å²) in [5.41, 5.74) is 6.64. The van der Waals surface area contributed by atoms with E-state index in [0.717, 1.165) is 11.3 Å². The standard InChI is InChI=1S/C12H20N2OS/c1-12(2,3)16-8-10(15)7-9-5-4-6-14-11(9)13/h4-6,10,15H,7-8H2,1-3H3,(H2,13,14). The number of hydrogen-bond donors (Lipinski definition) is 2. The highest BCUT2D eigenvalue weighted by Crippen LogP contribution is 2.24. The maximum Gasteiger partial charge on any atom is 0.126 e. The molecule has 0 aliphatic carbocycles. The highest BCUT2D eigenvalue weighted by molar-refractivity contribution is 8.00. The van der Waals surface area contributed by atoms with Gasteiger partial charge in [0.2, 0.25) is 0 Å². The third kappa shape index (κ3) is 4.86. The molecule has 0 aliphatic heterocycles. The van der Waals surface area contributed by atoms with E-state index < -0.39 is 0 Å². The highest BCUT2D eigenvalue weighted by atomic mass is 32.2. The molecule has 90 valence electrons.